The van der Waals surface area contributed by atoms with Crippen LogP contribution in [0.4, 0.5) is 4.79 Å². The number of carbonyl (C=O) groups excluding carboxylic acids is 1. The number of phosphoric acid groups is 1. The van der Waals surface area contributed by atoms with E-state index in [1.54, 1.807) is 27.7 Å². The zero-order chi connectivity index (χ0) is 24.0. The number of rotatable bonds is 11. The maximum atomic E-state index is 12.3. The summed E-state index contributed by atoms with van der Waals surface area (Å²) in [7, 11) is -4.70. The fourth-order valence-corrected chi connectivity index (χ4v) is 3.63. The van der Waals surface area contributed by atoms with Crippen LogP contribution < -0.4 is 5.32 Å². The summed E-state index contributed by atoms with van der Waals surface area (Å²) in [5.74, 6) is 0.720. The van der Waals surface area contributed by atoms with E-state index < -0.39 is 25.1 Å². The molecule has 2 aromatic rings. The van der Waals surface area contributed by atoms with Gasteiger partial charge in [-0.3, -0.25) is 4.52 Å². The Morgan fingerprint density at radius 3 is 2.53 bits per heavy atom. The van der Waals surface area contributed by atoms with Crippen LogP contribution in [-0.4, -0.2) is 38.6 Å². The smallest absolute Gasteiger partial charge is 0.444 e. The van der Waals surface area contributed by atoms with Gasteiger partial charge < -0.3 is 24.3 Å². The van der Waals surface area contributed by atoms with Crippen LogP contribution in [0, 0.1) is 0 Å². The molecule has 1 heterocycles. The molecule has 10 heteroatoms. The number of nitrogens with one attached hydrogen (secondary N) is 1. The predicted molar refractivity (Wildman–Crippen MR) is 121 cm³/mol. The van der Waals surface area contributed by atoms with Crippen LogP contribution >= 0.6 is 7.82 Å². The largest absolute Gasteiger partial charge is 0.469 e. The Kier molecular flexibility index (Phi) is 8.88. The SMILES string of the molecule is CCCCCc1nc2cc(CCC(C)(COP(=O)(O)O)NC(=O)OC(C)(C)C)ccc2o1. The van der Waals surface area contributed by atoms with Gasteiger partial charge in [-0.15, -0.1) is 0 Å². The van der Waals surface area contributed by atoms with Gasteiger partial charge in [0.05, 0.1) is 12.1 Å². The van der Waals surface area contributed by atoms with Crippen molar-refractivity contribution in [3.05, 3.63) is 29.7 Å². The van der Waals surface area contributed by atoms with Crippen molar-refractivity contribution in [3.8, 4) is 0 Å². The third-order valence-electron chi connectivity index (χ3n) is 4.81. The molecule has 3 N–H and O–H groups in total. The van der Waals surface area contributed by atoms with E-state index in [4.69, 9.17) is 23.5 Å². The summed E-state index contributed by atoms with van der Waals surface area (Å²) in [5.41, 5.74) is 0.677. The molecule has 0 saturated carbocycles. The Balaban J connectivity index is 2.10. The highest BCUT2D eigenvalue weighted by molar-refractivity contribution is 7.46. The molecule has 0 aliphatic heterocycles. The maximum Gasteiger partial charge on any atom is 0.469 e. The number of benzene rings is 1. The van der Waals surface area contributed by atoms with Gasteiger partial charge in [-0.25, -0.2) is 14.3 Å². The number of nitrogens with zero attached hydrogens (tertiary/aromatic N) is 1. The minimum absolute atomic E-state index is 0.360. The normalized spacial score (nSPS) is 14.3. The molecular weight excluding hydrogens is 435 g/mol. The number of fused-ring (bicyclic) bond motifs is 1. The van der Waals surface area contributed by atoms with Crippen molar-refractivity contribution in [2.45, 2.75) is 84.3 Å². The Morgan fingerprint density at radius 1 is 1.19 bits per heavy atom. The lowest BCUT2D eigenvalue weighted by Crippen LogP contribution is -2.51. The first kappa shape index (κ1) is 26.3. The Bertz CT molecular complexity index is 947. The summed E-state index contributed by atoms with van der Waals surface area (Å²) in [5, 5.41) is 2.70. The zero-order valence-corrected chi connectivity index (χ0v) is 20.4. The quantitative estimate of drug-likeness (QED) is 0.313. The number of unbranched alkanes of at least 4 members (excludes halogenated alkanes) is 2. The van der Waals surface area contributed by atoms with Gasteiger partial charge in [0.25, 0.3) is 0 Å². The number of hydrogen-bond acceptors (Lipinski definition) is 6. The van der Waals surface area contributed by atoms with Crippen molar-refractivity contribution in [2.24, 2.45) is 0 Å². The second kappa shape index (κ2) is 10.8. The number of hydrogen-bond donors (Lipinski definition) is 3. The molecule has 0 aliphatic carbocycles. The molecule has 0 bridgehead atoms. The van der Waals surface area contributed by atoms with Crippen LogP contribution in [0.3, 0.4) is 0 Å². The summed E-state index contributed by atoms with van der Waals surface area (Å²) >= 11 is 0. The first-order valence-corrected chi connectivity index (χ1v) is 12.4. The van der Waals surface area contributed by atoms with Gasteiger partial charge >= 0.3 is 13.9 Å². The number of carbonyl (C=O) groups is 1. The molecule has 1 unspecified atom stereocenters. The zero-order valence-electron chi connectivity index (χ0n) is 19.5. The molecule has 0 radical (unpaired) electrons. The molecule has 1 aromatic carbocycles. The summed E-state index contributed by atoms with van der Waals surface area (Å²) in [6.45, 7) is 8.64. The number of aryl methyl sites for hydroxylation is 2. The third kappa shape index (κ3) is 9.28. The number of alkyl carbamates (subject to hydrolysis) is 1. The minimum Gasteiger partial charge on any atom is -0.444 e. The van der Waals surface area contributed by atoms with Crippen LogP contribution in [0.2, 0.25) is 0 Å². The van der Waals surface area contributed by atoms with Crippen molar-refractivity contribution >= 4 is 25.0 Å². The summed E-state index contributed by atoms with van der Waals surface area (Å²) in [4.78, 5) is 35.1. The first-order chi connectivity index (χ1) is 14.8. The number of phosphoric ester groups is 1. The summed E-state index contributed by atoms with van der Waals surface area (Å²) < 4.78 is 27.0. The molecule has 0 spiro atoms. The lowest BCUT2D eigenvalue weighted by atomic mass is 9.94. The second-order valence-electron chi connectivity index (χ2n) is 9.32. The molecule has 1 atom stereocenters. The lowest BCUT2D eigenvalue weighted by Gasteiger charge is -2.32. The summed E-state index contributed by atoms with van der Waals surface area (Å²) in [6.07, 6.45) is 4.29. The Morgan fingerprint density at radius 2 is 1.91 bits per heavy atom. The van der Waals surface area contributed by atoms with E-state index in [0.29, 0.717) is 12.8 Å². The molecular formula is C22H35N2O7P. The van der Waals surface area contributed by atoms with Gasteiger partial charge in [0, 0.05) is 6.42 Å². The highest BCUT2D eigenvalue weighted by Crippen LogP contribution is 2.37. The lowest BCUT2D eigenvalue weighted by molar-refractivity contribution is 0.0399. The van der Waals surface area contributed by atoms with Crippen LogP contribution in [-0.2, 0) is 26.7 Å². The molecule has 0 aliphatic rings. The van der Waals surface area contributed by atoms with Crippen LogP contribution in [0.25, 0.3) is 11.1 Å². The van der Waals surface area contributed by atoms with E-state index in [0.717, 1.165) is 48.2 Å². The van der Waals surface area contributed by atoms with Gasteiger partial charge in [-0.1, -0.05) is 25.8 Å². The van der Waals surface area contributed by atoms with E-state index >= 15 is 0 Å². The molecule has 1 aromatic heterocycles. The molecule has 0 saturated heterocycles. The monoisotopic (exact) mass is 470 g/mol. The average Bonchev–Trinajstić information content (AvgIpc) is 3.05. The van der Waals surface area contributed by atoms with Crippen LogP contribution in [0.5, 0.6) is 0 Å². The van der Waals surface area contributed by atoms with E-state index in [1.165, 1.54) is 0 Å². The van der Waals surface area contributed by atoms with Gasteiger partial charge in [-0.2, -0.15) is 0 Å². The van der Waals surface area contributed by atoms with Gasteiger partial charge in [0.2, 0.25) is 0 Å². The maximum absolute atomic E-state index is 12.3. The average molecular weight is 471 g/mol. The standard InChI is InChI=1S/C22H35N2O7P/c1-6-7-8-9-19-23-17-14-16(10-11-18(17)30-19)12-13-22(5,15-29-32(26,27)28)24-20(25)31-21(2,3)4/h10-11,14H,6-9,12-13,15H2,1-5H3,(H,24,25)(H2,26,27,28). The van der Waals surface area contributed by atoms with Crippen molar-refractivity contribution in [1.82, 2.24) is 10.3 Å². The molecule has 0 fully saturated rings. The topological polar surface area (TPSA) is 131 Å². The van der Waals surface area contributed by atoms with E-state index in [-0.39, 0.29) is 6.61 Å². The molecule has 1 amide bonds. The third-order valence-corrected chi connectivity index (χ3v) is 5.28. The van der Waals surface area contributed by atoms with Crippen molar-refractivity contribution < 1.29 is 32.8 Å². The van der Waals surface area contributed by atoms with E-state index in [9.17, 15) is 9.36 Å². The van der Waals surface area contributed by atoms with Gasteiger partial charge in [0.15, 0.2) is 11.5 Å². The minimum atomic E-state index is -4.70. The van der Waals surface area contributed by atoms with Crippen LogP contribution in [0.1, 0.15) is 71.8 Å². The molecule has 180 valence electrons. The Hall–Kier alpha value is -1.93. The highest BCUT2D eigenvalue weighted by Gasteiger charge is 2.32. The summed E-state index contributed by atoms with van der Waals surface area (Å²) in [6, 6.07) is 5.72. The fraction of sp³-hybridized carbons (Fsp3) is 0.636. The first-order valence-electron chi connectivity index (χ1n) is 10.9. The van der Waals surface area contributed by atoms with Crippen molar-refractivity contribution in [3.63, 3.8) is 0 Å². The van der Waals surface area contributed by atoms with Crippen molar-refractivity contribution in [2.75, 3.05) is 6.61 Å². The number of ether oxygens (including phenoxy) is 1. The predicted octanol–water partition coefficient (Wildman–Crippen LogP) is 4.89. The fourth-order valence-electron chi connectivity index (χ4n) is 3.18. The second-order valence-corrected chi connectivity index (χ2v) is 10.6. The molecule has 9 nitrogen and oxygen atoms in total. The van der Waals surface area contributed by atoms with Gasteiger partial charge in [0.1, 0.15) is 11.1 Å². The van der Waals surface area contributed by atoms with E-state index in [1.807, 2.05) is 18.2 Å². The van der Waals surface area contributed by atoms with Crippen LogP contribution in [0.15, 0.2) is 22.6 Å². The van der Waals surface area contributed by atoms with E-state index in [2.05, 4.69) is 17.2 Å². The Labute approximate surface area is 189 Å². The molecule has 32 heavy (non-hydrogen) atoms. The number of amides is 1. The van der Waals surface area contributed by atoms with Crippen molar-refractivity contribution in [1.29, 1.82) is 0 Å². The number of oxazole rings is 1. The molecule has 2 rings (SSSR count). The van der Waals surface area contributed by atoms with Gasteiger partial charge in [-0.05, 0) is 64.7 Å². The number of aromatic nitrogens is 1. The highest BCUT2D eigenvalue weighted by atomic mass is 31.2.